The molecule has 1 heterocycles. The first-order chi connectivity index (χ1) is 10.7. The number of rotatable bonds is 3. The molecule has 22 heavy (non-hydrogen) atoms. The number of benzene rings is 2. The molecular weight excluding hydrogens is 278 g/mol. The van der Waals surface area contributed by atoms with Crippen LogP contribution in [-0.2, 0) is 4.79 Å². The van der Waals surface area contributed by atoms with Crippen molar-refractivity contribution < 1.29 is 14.3 Å². The van der Waals surface area contributed by atoms with Crippen molar-refractivity contribution in [3.8, 4) is 11.5 Å². The fourth-order valence-corrected chi connectivity index (χ4v) is 2.59. The highest BCUT2D eigenvalue weighted by Crippen LogP contribution is 2.34. The van der Waals surface area contributed by atoms with Gasteiger partial charge in [0, 0.05) is 0 Å². The minimum absolute atomic E-state index is 0.0239. The minimum atomic E-state index is -0.559. The molecule has 0 radical (unpaired) electrons. The number of nitrogens with zero attached hydrogens (tertiary/aromatic N) is 1. The van der Waals surface area contributed by atoms with Crippen molar-refractivity contribution in [1.82, 2.24) is 0 Å². The number of amides is 1. The van der Waals surface area contributed by atoms with Crippen LogP contribution in [0, 0.1) is 0 Å². The molecule has 2 aromatic rings. The van der Waals surface area contributed by atoms with E-state index in [0.717, 1.165) is 11.4 Å². The van der Waals surface area contributed by atoms with E-state index in [-0.39, 0.29) is 11.9 Å². The third-order valence-corrected chi connectivity index (χ3v) is 3.69. The van der Waals surface area contributed by atoms with Gasteiger partial charge in [-0.25, -0.2) is 0 Å². The topological polar surface area (TPSA) is 38.8 Å². The number of hydrogen-bond donors (Lipinski definition) is 0. The molecule has 3 rings (SSSR count). The number of ether oxygens (including phenoxy) is 2. The van der Waals surface area contributed by atoms with E-state index in [0.29, 0.717) is 12.4 Å². The molecule has 1 amide bonds. The lowest BCUT2D eigenvalue weighted by molar-refractivity contribution is -0.125. The van der Waals surface area contributed by atoms with Crippen LogP contribution < -0.4 is 14.4 Å². The second-order valence-corrected chi connectivity index (χ2v) is 5.41. The Morgan fingerprint density at radius 3 is 2.64 bits per heavy atom. The summed E-state index contributed by atoms with van der Waals surface area (Å²) in [6, 6.07) is 17.0. The lowest BCUT2D eigenvalue weighted by Gasteiger charge is -2.36. The van der Waals surface area contributed by atoms with Crippen LogP contribution in [-0.4, -0.2) is 24.7 Å². The summed E-state index contributed by atoms with van der Waals surface area (Å²) in [5, 5.41) is 0. The van der Waals surface area contributed by atoms with Gasteiger partial charge in [0.2, 0.25) is 0 Å². The van der Waals surface area contributed by atoms with Crippen LogP contribution >= 0.6 is 0 Å². The van der Waals surface area contributed by atoms with Crippen molar-refractivity contribution >= 4 is 11.6 Å². The van der Waals surface area contributed by atoms with Crippen LogP contribution in [0.25, 0.3) is 0 Å². The Kier molecular flexibility index (Phi) is 4.00. The van der Waals surface area contributed by atoms with E-state index in [4.69, 9.17) is 9.47 Å². The summed E-state index contributed by atoms with van der Waals surface area (Å²) in [5.74, 6) is 1.37. The van der Waals surface area contributed by atoms with Gasteiger partial charge in [-0.05, 0) is 38.1 Å². The molecule has 4 heteroatoms. The van der Waals surface area contributed by atoms with Gasteiger partial charge in [-0.2, -0.15) is 0 Å². The molecular formula is C18H19NO3. The van der Waals surface area contributed by atoms with Crippen molar-refractivity contribution in [3.63, 3.8) is 0 Å². The van der Waals surface area contributed by atoms with E-state index in [1.54, 1.807) is 11.8 Å². The zero-order valence-electron chi connectivity index (χ0n) is 12.7. The van der Waals surface area contributed by atoms with E-state index >= 15 is 0 Å². The fraction of sp³-hybridized carbons (Fsp3) is 0.278. The van der Waals surface area contributed by atoms with Gasteiger partial charge < -0.3 is 9.47 Å². The molecule has 0 N–H and O–H groups in total. The van der Waals surface area contributed by atoms with E-state index < -0.39 is 6.10 Å². The molecule has 0 saturated carbocycles. The molecule has 0 saturated heterocycles. The molecule has 114 valence electrons. The third kappa shape index (κ3) is 2.77. The minimum Gasteiger partial charge on any atom is -0.489 e. The second-order valence-electron chi connectivity index (χ2n) is 5.41. The smallest absolute Gasteiger partial charge is 0.268 e. The van der Waals surface area contributed by atoms with Crippen molar-refractivity contribution in [1.29, 1.82) is 0 Å². The monoisotopic (exact) mass is 297 g/mol. The van der Waals surface area contributed by atoms with Gasteiger partial charge in [-0.15, -0.1) is 0 Å². The number of carbonyl (C=O) groups excluding carboxylic acids is 1. The molecule has 2 atom stereocenters. The normalized spacial score (nSPS) is 18.1. The summed E-state index contributed by atoms with van der Waals surface area (Å²) in [7, 11) is 0. The molecule has 1 aliphatic heterocycles. The summed E-state index contributed by atoms with van der Waals surface area (Å²) in [4.78, 5) is 14.6. The molecule has 0 spiro atoms. The molecule has 0 fully saturated rings. The van der Waals surface area contributed by atoms with Gasteiger partial charge in [0.05, 0.1) is 11.7 Å². The summed E-state index contributed by atoms with van der Waals surface area (Å²) >= 11 is 0. The molecule has 0 unspecified atom stereocenters. The molecule has 0 bridgehead atoms. The van der Waals surface area contributed by atoms with E-state index in [1.807, 2.05) is 61.5 Å². The van der Waals surface area contributed by atoms with Crippen LogP contribution in [0.4, 0.5) is 5.69 Å². The summed E-state index contributed by atoms with van der Waals surface area (Å²) in [5.41, 5.74) is 0.801. The number of anilines is 1. The highest BCUT2D eigenvalue weighted by Gasteiger charge is 2.32. The predicted molar refractivity (Wildman–Crippen MR) is 85.4 cm³/mol. The summed E-state index contributed by atoms with van der Waals surface area (Å²) < 4.78 is 11.4. The highest BCUT2D eigenvalue weighted by molar-refractivity contribution is 5.98. The maximum absolute atomic E-state index is 12.8. The Balaban J connectivity index is 1.82. The number of carbonyl (C=O) groups is 1. The summed E-state index contributed by atoms with van der Waals surface area (Å²) in [6.45, 7) is 4.24. The van der Waals surface area contributed by atoms with Crippen LogP contribution in [0.2, 0.25) is 0 Å². The van der Waals surface area contributed by atoms with E-state index in [9.17, 15) is 4.79 Å². The summed E-state index contributed by atoms with van der Waals surface area (Å²) in [6.07, 6.45) is -0.559. The zero-order valence-corrected chi connectivity index (χ0v) is 12.7. The zero-order chi connectivity index (χ0) is 15.5. The van der Waals surface area contributed by atoms with Gasteiger partial charge in [0.15, 0.2) is 6.10 Å². The predicted octanol–water partition coefficient (Wildman–Crippen LogP) is 3.27. The lowest BCUT2D eigenvalue weighted by Crippen LogP contribution is -2.49. The van der Waals surface area contributed by atoms with Gasteiger partial charge in [-0.1, -0.05) is 30.3 Å². The number of para-hydroxylation sites is 3. The molecule has 4 nitrogen and oxygen atoms in total. The molecule has 1 aliphatic rings. The highest BCUT2D eigenvalue weighted by atomic mass is 16.5. The molecule has 0 aromatic heterocycles. The van der Waals surface area contributed by atoms with Crippen molar-refractivity contribution in [2.75, 3.05) is 11.5 Å². The number of fused-ring (bicyclic) bond motifs is 1. The van der Waals surface area contributed by atoms with Crippen LogP contribution in [0.15, 0.2) is 54.6 Å². The molecule has 0 aliphatic carbocycles. The molecule has 2 aromatic carbocycles. The Hall–Kier alpha value is -2.49. The largest absolute Gasteiger partial charge is 0.489 e. The van der Waals surface area contributed by atoms with Crippen molar-refractivity contribution in [2.45, 2.75) is 26.0 Å². The van der Waals surface area contributed by atoms with Gasteiger partial charge in [0.1, 0.15) is 18.1 Å². The number of hydrogen-bond acceptors (Lipinski definition) is 3. The maximum Gasteiger partial charge on any atom is 0.268 e. The third-order valence-electron chi connectivity index (χ3n) is 3.69. The van der Waals surface area contributed by atoms with Crippen LogP contribution in [0.1, 0.15) is 13.8 Å². The first-order valence-corrected chi connectivity index (χ1v) is 7.43. The average Bonchev–Trinajstić information content (AvgIpc) is 2.55. The Labute approximate surface area is 130 Å². The van der Waals surface area contributed by atoms with Gasteiger partial charge in [-0.3, -0.25) is 9.69 Å². The van der Waals surface area contributed by atoms with Crippen LogP contribution in [0.3, 0.4) is 0 Å². The first-order valence-electron chi connectivity index (χ1n) is 7.43. The van der Waals surface area contributed by atoms with Gasteiger partial charge in [0.25, 0.3) is 5.91 Å². The standard InChI is InChI=1S/C18H19NO3/c1-13-12-21-17-11-7-6-10-16(17)19(13)18(20)14(2)22-15-8-4-3-5-9-15/h3-11,13-14H,12H2,1-2H3/t13-,14-/m1/s1. The Morgan fingerprint density at radius 2 is 1.86 bits per heavy atom. The Bertz CT molecular complexity index is 656. The quantitative estimate of drug-likeness (QED) is 0.873. The van der Waals surface area contributed by atoms with Gasteiger partial charge >= 0.3 is 0 Å². The average molecular weight is 297 g/mol. The maximum atomic E-state index is 12.8. The van der Waals surface area contributed by atoms with Crippen molar-refractivity contribution in [3.05, 3.63) is 54.6 Å². The second kappa shape index (κ2) is 6.10. The lowest BCUT2D eigenvalue weighted by atomic mass is 10.1. The van der Waals surface area contributed by atoms with Crippen molar-refractivity contribution in [2.24, 2.45) is 0 Å². The fourth-order valence-electron chi connectivity index (χ4n) is 2.59. The first kappa shape index (κ1) is 14.4. The van der Waals surface area contributed by atoms with Crippen LogP contribution in [0.5, 0.6) is 11.5 Å². The van der Waals surface area contributed by atoms with E-state index in [2.05, 4.69) is 0 Å². The van der Waals surface area contributed by atoms with E-state index in [1.165, 1.54) is 0 Å². The SMILES string of the molecule is C[C@@H]1COc2ccccc2N1C(=O)[C@@H](C)Oc1ccccc1. The Morgan fingerprint density at radius 1 is 1.18 bits per heavy atom.